The number of aliphatic hydroxyl groups is 2. The first-order chi connectivity index (χ1) is 8.70. The molecule has 5 heteroatoms. The van der Waals surface area contributed by atoms with Crippen LogP contribution in [0.3, 0.4) is 0 Å². The second-order valence-electron chi connectivity index (χ2n) is 4.79. The lowest BCUT2D eigenvalue weighted by molar-refractivity contribution is 0.0575. The fourth-order valence-corrected chi connectivity index (χ4v) is 2.35. The molecular weight excluding hydrogens is 230 g/mol. The van der Waals surface area contributed by atoms with Crippen molar-refractivity contribution in [3.63, 3.8) is 0 Å². The molecule has 2 N–H and O–H groups in total. The highest BCUT2D eigenvalue weighted by Crippen LogP contribution is 2.19. The maximum Gasteiger partial charge on any atom is 0.0897 e. The van der Waals surface area contributed by atoms with Gasteiger partial charge in [0.1, 0.15) is 0 Å². The molecule has 1 saturated heterocycles. The van der Waals surface area contributed by atoms with Crippen LogP contribution in [-0.2, 0) is 0 Å². The zero-order chi connectivity index (χ0) is 13.0. The van der Waals surface area contributed by atoms with Crippen molar-refractivity contribution in [1.82, 2.24) is 9.88 Å². The van der Waals surface area contributed by atoms with Gasteiger partial charge in [-0.1, -0.05) is 0 Å². The van der Waals surface area contributed by atoms with Gasteiger partial charge in [-0.15, -0.1) is 0 Å². The monoisotopic (exact) mass is 251 g/mol. The number of aromatic nitrogens is 1. The molecule has 1 atom stereocenters. The molecule has 1 aliphatic rings. The number of hydrogen-bond donors (Lipinski definition) is 2. The van der Waals surface area contributed by atoms with E-state index in [4.69, 9.17) is 5.11 Å². The van der Waals surface area contributed by atoms with E-state index in [0.717, 1.165) is 26.2 Å². The number of pyridine rings is 1. The van der Waals surface area contributed by atoms with Gasteiger partial charge in [-0.05, 0) is 18.6 Å². The summed E-state index contributed by atoms with van der Waals surface area (Å²) in [6.07, 6.45) is 3.08. The molecule has 0 radical (unpaired) electrons. The highest BCUT2D eigenvalue weighted by molar-refractivity contribution is 5.51. The summed E-state index contributed by atoms with van der Waals surface area (Å²) in [5.41, 5.74) is 2.44. The Balaban J connectivity index is 1.89. The molecule has 1 fully saturated rings. The maximum absolute atomic E-state index is 9.42. The van der Waals surface area contributed by atoms with Crippen molar-refractivity contribution in [2.45, 2.75) is 13.0 Å². The molecule has 0 saturated carbocycles. The van der Waals surface area contributed by atoms with Crippen LogP contribution in [-0.4, -0.2) is 65.5 Å². The van der Waals surface area contributed by atoms with E-state index >= 15 is 0 Å². The molecule has 0 aliphatic carbocycles. The van der Waals surface area contributed by atoms with Crippen molar-refractivity contribution in [3.8, 4) is 0 Å². The van der Waals surface area contributed by atoms with Crippen LogP contribution in [0.4, 0.5) is 5.69 Å². The molecular formula is C13H21N3O2. The van der Waals surface area contributed by atoms with E-state index in [1.54, 1.807) is 0 Å². The van der Waals surface area contributed by atoms with Gasteiger partial charge in [0.15, 0.2) is 0 Å². The molecule has 0 amide bonds. The third-order valence-corrected chi connectivity index (χ3v) is 3.38. The van der Waals surface area contributed by atoms with Crippen molar-refractivity contribution in [1.29, 1.82) is 0 Å². The predicted molar refractivity (Wildman–Crippen MR) is 70.7 cm³/mol. The van der Waals surface area contributed by atoms with Gasteiger partial charge in [0.25, 0.3) is 0 Å². The number of anilines is 1. The zero-order valence-corrected chi connectivity index (χ0v) is 10.8. The van der Waals surface area contributed by atoms with Crippen LogP contribution in [0.2, 0.25) is 0 Å². The van der Waals surface area contributed by atoms with Crippen LogP contribution >= 0.6 is 0 Å². The summed E-state index contributed by atoms with van der Waals surface area (Å²) in [6, 6.07) is 2.05. The van der Waals surface area contributed by atoms with Crippen LogP contribution < -0.4 is 4.90 Å². The van der Waals surface area contributed by atoms with Crippen LogP contribution in [0, 0.1) is 6.92 Å². The molecule has 18 heavy (non-hydrogen) atoms. The summed E-state index contributed by atoms with van der Waals surface area (Å²) < 4.78 is 0. The van der Waals surface area contributed by atoms with E-state index in [1.165, 1.54) is 11.3 Å². The highest BCUT2D eigenvalue weighted by atomic mass is 16.3. The summed E-state index contributed by atoms with van der Waals surface area (Å²) in [5.74, 6) is 0. The molecule has 0 aromatic carbocycles. The first kappa shape index (κ1) is 13.3. The zero-order valence-electron chi connectivity index (χ0n) is 10.8. The molecule has 2 rings (SSSR count). The smallest absolute Gasteiger partial charge is 0.0897 e. The topological polar surface area (TPSA) is 59.8 Å². The van der Waals surface area contributed by atoms with Crippen molar-refractivity contribution >= 4 is 5.69 Å². The standard InChI is InChI=1S/C13H21N3O2/c1-11-8-14-3-2-13(11)16-6-4-15(5-7-16)9-12(18)10-17/h2-3,8,12,17-18H,4-7,9-10H2,1H3. The third-order valence-electron chi connectivity index (χ3n) is 3.38. The van der Waals surface area contributed by atoms with Gasteiger partial charge < -0.3 is 15.1 Å². The molecule has 1 aliphatic heterocycles. The van der Waals surface area contributed by atoms with Crippen LogP contribution in [0.5, 0.6) is 0 Å². The maximum atomic E-state index is 9.42. The van der Waals surface area contributed by atoms with E-state index in [0.29, 0.717) is 6.54 Å². The van der Waals surface area contributed by atoms with Gasteiger partial charge in [0.2, 0.25) is 0 Å². The van der Waals surface area contributed by atoms with Crippen molar-refractivity contribution in [3.05, 3.63) is 24.0 Å². The number of β-amino-alcohol motifs (C(OH)–C–C–N with tert-alkyl or cyclic N) is 1. The second kappa shape index (κ2) is 6.13. The minimum Gasteiger partial charge on any atom is -0.394 e. The van der Waals surface area contributed by atoms with E-state index in [1.807, 2.05) is 18.5 Å². The van der Waals surface area contributed by atoms with Gasteiger partial charge in [0.05, 0.1) is 12.7 Å². The fraction of sp³-hybridized carbons (Fsp3) is 0.615. The number of aryl methyl sites for hydroxylation is 1. The minimum absolute atomic E-state index is 0.163. The number of aliphatic hydroxyl groups excluding tert-OH is 2. The van der Waals surface area contributed by atoms with Gasteiger partial charge >= 0.3 is 0 Å². The van der Waals surface area contributed by atoms with E-state index in [-0.39, 0.29) is 6.61 Å². The Morgan fingerprint density at radius 3 is 2.67 bits per heavy atom. The lowest BCUT2D eigenvalue weighted by Gasteiger charge is -2.37. The fourth-order valence-electron chi connectivity index (χ4n) is 2.35. The summed E-state index contributed by atoms with van der Waals surface area (Å²) in [6.45, 7) is 6.19. The molecule has 2 heterocycles. The molecule has 1 unspecified atom stereocenters. The Morgan fingerprint density at radius 1 is 1.33 bits per heavy atom. The minimum atomic E-state index is -0.626. The lowest BCUT2D eigenvalue weighted by Crippen LogP contribution is -2.49. The van der Waals surface area contributed by atoms with Crippen molar-refractivity contribution in [2.24, 2.45) is 0 Å². The normalized spacial score (nSPS) is 18.9. The molecule has 100 valence electrons. The Kier molecular flexibility index (Phi) is 4.52. The summed E-state index contributed by atoms with van der Waals surface area (Å²) in [7, 11) is 0. The molecule has 1 aromatic rings. The predicted octanol–water partition coefficient (Wildman–Crippen LogP) is -0.135. The number of hydrogen-bond acceptors (Lipinski definition) is 5. The Morgan fingerprint density at radius 2 is 2.06 bits per heavy atom. The SMILES string of the molecule is Cc1cnccc1N1CCN(CC(O)CO)CC1. The first-order valence-electron chi connectivity index (χ1n) is 6.37. The first-order valence-corrected chi connectivity index (χ1v) is 6.37. The number of rotatable bonds is 4. The van der Waals surface area contributed by atoms with Crippen molar-refractivity contribution < 1.29 is 10.2 Å². The van der Waals surface area contributed by atoms with E-state index in [9.17, 15) is 5.11 Å². The average molecular weight is 251 g/mol. The molecule has 0 bridgehead atoms. The lowest BCUT2D eigenvalue weighted by atomic mass is 10.2. The largest absolute Gasteiger partial charge is 0.394 e. The summed E-state index contributed by atoms with van der Waals surface area (Å²) in [5, 5.41) is 18.3. The number of nitrogens with zero attached hydrogens (tertiary/aromatic N) is 3. The molecule has 5 nitrogen and oxygen atoms in total. The Labute approximate surface area is 108 Å². The summed E-state index contributed by atoms with van der Waals surface area (Å²) in [4.78, 5) is 8.64. The Hall–Kier alpha value is -1.17. The van der Waals surface area contributed by atoms with Gasteiger partial charge in [-0.25, -0.2) is 0 Å². The van der Waals surface area contributed by atoms with Crippen LogP contribution in [0.15, 0.2) is 18.5 Å². The second-order valence-corrected chi connectivity index (χ2v) is 4.79. The van der Waals surface area contributed by atoms with Gasteiger partial charge in [0, 0.05) is 50.8 Å². The van der Waals surface area contributed by atoms with E-state index in [2.05, 4.69) is 21.7 Å². The van der Waals surface area contributed by atoms with Crippen molar-refractivity contribution in [2.75, 3.05) is 44.2 Å². The molecule has 0 spiro atoms. The molecule has 1 aromatic heterocycles. The van der Waals surface area contributed by atoms with E-state index < -0.39 is 6.10 Å². The van der Waals surface area contributed by atoms with Crippen LogP contribution in [0.25, 0.3) is 0 Å². The summed E-state index contributed by atoms with van der Waals surface area (Å²) >= 11 is 0. The van der Waals surface area contributed by atoms with Crippen LogP contribution in [0.1, 0.15) is 5.56 Å². The average Bonchev–Trinajstić information content (AvgIpc) is 2.40. The Bertz CT molecular complexity index is 378. The number of piperazine rings is 1. The third kappa shape index (κ3) is 3.19. The van der Waals surface area contributed by atoms with Gasteiger partial charge in [-0.3, -0.25) is 9.88 Å². The van der Waals surface area contributed by atoms with Gasteiger partial charge in [-0.2, -0.15) is 0 Å². The quantitative estimate of drug-likeness (QED) is 0.780. The highest BCUT2D eigenvalue weighted by Gasteiger charge is 2.19.